The van der Waals surface area contributed by atoms with Crippen molar-refractivity contribution in [1.82, 2.24) is 5.32 Å². The summed E-state index contributed by atoms with van der Waals surface area (Å²) in [7, 11) is -3.16. The van der Waals surface area contributed by atoms with E-state index in [9.17, 15) is 8.42 Å². The lowest BCUT2D eigenvalue weighted by molar-refractivity contribution is 0.531. The van der Waals surface area contributed by atoms with Gasteiger partial charge in [0.15, 0.2) is 9.84 Å². The van der Waals surface area contributed by atoms with Crippen LogP contribution in [0.25, 0.3) is 0 Å². The Labute approximate surface area is 124 Å². The van der Waals surface area contributed by atoms with Crippen LogP contribution in [0.4, 0.5) is 0 Å². The van der Waals surface area contributed by atoms with Crippen molar-refractivity contribution < 1.29 is 8.42 Å². The van der Waals surface area contributed by atoms with Gasteiger partial charge in [0.25, 0.3) is 0 Å². The first-order valence-electron chi connectivity index (χ1n) is 6.61. The second-order valence-electron chi connectivity index (χ2n) is 5.06. The van der Waals surface area contributed by atoms with Crippen molar-refractivity contribution in [3.05, 3.63) is 28.7 Å². The molecular weight excluding hydrogens is 326 g/mol. The van der Waals surface area contributed by atoms with Gasteiger partial charge in [0, 0.05) is 11.0 Å². The molecule has 0 bridgehead atoms. The molecule has 3 nitrogen and oxygen atoms in total. The zero-order chi connectivity index (χ0) is 14.3. The van der Waals surface area contributed by atoms with Crippen LogP contribution in [0, 0.1) is 5.92 Å². The Kier molecular flexibility index (Phi) is 7.04. The molecule has 0 heterocycles. The molecule has 1 aromatic carbocycles. The third-order valence-corrected chi connectivity index (χ3v) is 5.12. The van der Waals surface area contributed by atoms with Crippen LogP contribution >= 0.6 is 15.9 Å². The van der Waals surface area contributed by atoms with E-state index in [1.54, 1.807) is 24.3 Å². The third-order valence-electron chi connectivity index (χ3n) is 2.86. The zero-order valence-corrected chi connectivity index (χ0v) is 13.9. The molecule has 108 valence electrons. The first-order chi connectivity index (χ1) is 8.92. The largest absolute Gasteiger partial charge is 0.316 e. The molecule has 0 fully saturated rings. The smallest absolute Gasteiger partial charge is 0.179 e. The normalized spacial score (nSPS) is 12.0. The topological polar surface area (TPSA) is 46.2 Å². The summed E-state index contributed by atoms with van der Waals surface area (Å²) in [6, 6.07) is 6.78. The Morgan fingerprint density at radius 1 is 1.16 bits per heavy atom. The summed E-state index contributed by atoms with van der Waals surface area (Å²) in [5, 5.41) is 3.19. The van der Waals surface area contributed by atoms with E-state index in [1.165, 1.54) is 6.42 Å². The molecule has 0 aliphatic rings. The van der Waals surface area contributed by atoms with Crippen molar-refractivity contribution in [3.8, 4) is 0 Å². The van der Waals surface area contributed by atoms with Gasteiger partial charge < -0.3 is 5.32 Å². The summed E-state index contributed by atoms with van der Waals surface area (Å²) in [5.41, 5.74) is 0. The maximum absolute atomic E-state index is 12.0. The highest BCUT2D eigenvalue weighted by Crippen LogP contribution is 2.15. The number of benzene rings is 1. The Balaban J connectivity index is 2.33. The molecule has 0 amide bonds. The Bertz CT molecular complexity index is 469. The van der Waals surface area contributed by atoms with Crippen LogP contribution in [0.3, 0.4) is 0 Å². The molecule has 1 rings (SSSR count). The Morgan fingerprint density at radius 3 is 2.37 bits per heavy atom. The van der Waals surface area contributed by atoms with Crippen LogP contribution in [0.15, 0.2) is 33.6 Å². The van der Waals surface area contributed by atoms with E-state index in [1.807, 2.05) is 0 Å². The predicted molar refractivity (Wildman–Crippen MR) is 83.1 cm³/mol. The van der Waals surface area contributed by atoms with Crippen molar-refractivity contribution in [2.75, 3.05) is 18.8 Å². The summed E-state index contributed by atoms with van der Waals surface area (Å²) >= 11 is 3.30. The van der Waals surface area contributed by atoms with E-state index >= 15 is 0 Å². The molecule has 0 aliphatic heterocycles. The summed E-state index contributed by atoms with van der Waals surface area (Å²) in [6.45, 7) is 5.78. The molecule has 5 heteroatoms. The molecule has 1 aromatic rings. The molecule has 1 N–H and O–H groups in total. The lowest BCUT2D eigenvalue weighted by Gasteiger charge is -2.07. The lowest BCUT2D eigenvalue weighted by atomic mass is 10.1. The minimum absolute atomic E-state index is 0.149. The van der Waals surface area contributed by atoms with E-state index in [0.717, 1.165) is 17.4 Å². The van der Waals surface area contributed by atoms with E-state index in [-0.39, 0.29) is 5.75 Å². The average Bonchev–Trinajstić information content (AvgIpc) is 2.34. The van der Waals surface area contributed by atoms with Gasteiger partial charge in [0.2, 0.25) is 0 Å². The van der Waals surface area contributed by atoms with E-state index < -0.39 is 9.84 Å². The van der Waals surface area contributed by atoms with E-state index in [0.29, 0.717) is 17.4 Å². The van der Waals surface area contributed by atoms with Gasteiger partial charge >= 0.3 is 0 Å². The van der Waals surface area contributed by atoms with E-state index in [2.05, 4.69) is 35.1 Å². The van der Waals surface area contributed by atoms with Crippen LogP contribution in [0.5, 0.6) is 0 Å². The van der Waals surface area contributed by atoms with Gasteiger partial charge in [-0.2, -0.15) is 0 Å². The monoisotopic (exact) mass is 347 g/mol. The van der Waals surface area contributed by atoms with Gasteiger partial charge in [0.05, 0.1) is 10.6 Å². The summed E-state index contributed by atoms with van der Waals surface area (Å²) < 4.78 is 24.9. The molecule has 0 spiro atoms. The average molecular weight is 348 g/mol. The minimum atomic E-state index is -3.16. The van der Waals surface area contributed by atoms with Gasteiger partial charge in [-0.05, 0) is 49.6 Å². The fourth-order valence-corrected chi connectivity index (χ4v) is 3.19. The van der Waals surface area contributed by atoms with Crippen LogP contribution in [0.2, 0.25) is 0 Å². The molecule has 19 heavy (non-hydrogen) atoms. The first-order valence-corrected chi connectivity index (χ1v) is 9.05. The standard InChI is InChI=1S/C14H22BrNO2S/c1-12(2)4-3-9-16-10-11-19(17,18)14-7-5-13(15)6-8-14/h5-8,12,16H,3-4,9-11H2,1-2H3. The maximum atomic E-state index is 12.0. The number of nitrogens with one attached hydrogen (secondary N) is 1. The fraction of sp³-hybridized carbons (Fsp3) is 0.571. The van der Waals surface area contributed by atoms with Crippen molar-refractivity contribution in [2.45, 2.75) is 31.6 Å². The highest BCUT2D eigenvalue weighted by molar-refractivity contribution is 9.10. The van der Waals surface area contributed by atoms with Crippen molar-refractivity contribution in [1.29, 1.82) is 0 Å². The molecule has 0 saturated carbocycles. The Morgan fingerprint density at radius 2 is 1.79 bits per heavy atom. The molecule has 0 radical (unpaired) electrons. The zero-order valence-electron chi connectivity index (χ0n) is 11.5. The van der Waals surface area contributed by atoms with Crippen LogP contribution in [-0.2, 0) is 9.84 Å². The quantitative estimate of drug-likeness (QED) is 0.734. The molecular formula is C14H22BrNO2S. The highest BCUT2D eigenvalue weighted by atomic mass is 79.9. The van der Waals surface area contributed by atoms with E-state index in [4.69, 9.17) is 0 Å². The predicted octanol–water partition coefficient (Wildman–Crippen LogP) is 3.25. The van der Waals surface area contributed by atoms with Crippen molar-refractivity contribution in [2.24, 2.45) is 5.92 Å². The van der Waals surface area contributed by atoms with Crippen LogP contribution in [-0.4, -0.2) is 27.3 Å². The Hall–Kier alpha value is -0.390. The van der Waals surface area contributed by atoms with Gasteiger partial charge in [0.1, 0.15) is 0 Å². The lowest BCUT2D eigenvalue weighted by Crippen LogP contribution is -2.24. The molecule has 0 saturated heterocycles. The molecule has 0 atom stereocenters. The number of halogens is 1. The van der Waals surface area contributed by atoms with Crippen molar-refractivity contribution >= 4 is 25.8 Å². The summed E-state index contributed by atoms with van der Waals surface area (Å²) in [4.78, 5) is 0.389. The third kappa shape index (κ3) is 6.54. The molecule has 0 aliphatic carbocycles. The number of rotatable bonds is 8. The summed E-state index contributed by atoms with van der Waals surface area (Å²) in [6.07, 6.45) is 2.27. The number of sulfone groups is 1. The van der Waals surface area contributed by atoms with Gasteiger partial charge in [-0.15, -0.1) is 0 Å². The molecule has 0 aromatic heterocycles. The van der Waals surface area contributed by atoms with Crippen molar-refractivity contribution in [3.63, 3.8) is 0 Å². The van der Waals surface area contributed by atoms with Gasteiger partial charge in [-0.1, -0.05) is 29.8 Å². The fourth-order valence-electron chi connectivity index (χ4n) is 1.73. The highest BCUT2D eigenvalue weighted by Gasteiger charge is 2.13. The second kappa shape index (κ2) is 8.02. The maximum Gasteiger partial charge on any atom is 0.179 e. The van der Waals surface area contributed by atoms with Gasteiger partial charge in [-0.25, -0.2) is 8.42 Å². The SMILES string of the molecule is CC(C)CCCNCCS(=O)(=O)c1ccc(Br)cc1. The summed E-state index contributed by atoms with van der Waals surface area (Å²) in [5.74, 6) is 0.851. The number of hydrogen-bond donors (Lipinski definition) is 1. The molecule has 0 unspecified atom stereocenters. The van der Waals surface area contributed by atoms with Crippen LogP contribution < -0.4 is 5.32 Å². The first kappa shape index (κ1) is 16.7. The number of hydrogen-bond acceptors (Lipinski definition) is 3. The second-order valence-corrected chi connectivity index (χ2v) is 8.08. The van der Waals surface area contributed by atoms with Gasteiger partial charge in [-0.3, -0.25) is 0 Å². The minimum Gasteiger partial charge on any atom is -0.316 e. The van der Waals surface area contributed by atoms with Crippen LogP contribution in [0.1, 0.15) is 26.7 Å².